The fraction of sp³-hybridized carbons (Fsp3) is 0.800. The van der Waals surface area contributed by atoms with Crippen LogP contribution in [0.5, 0.6) is 0 Å². The van der Waals surface area contributed by atoms with Crippen molar-refractivity contribution in [2.75, 3.05) is 20.3 Å². The molecule has 20 heavy (non-hydrogen) atoms. The molecule has 0 aromatic carbocycles. The Kier molecular flexibility index (Phi) is 11.6. The minimum atomic E-state index is -0.665. The van der Waals surface area contributed by atoms with Gasteiger partial charge in [-0.2, -0.15) is 0 Å². The molecule has 5 heteroatoms. The Morgan fingerprint density at radius 1 is 1.00 bits per heavy atom. The van der Waals surface area contributed by atoms with Crippen LogP contribution in [0.4, 0.5) is 0 Å². The van der Waals surface area contributed by atoms with E-state index >= 15 is 0 Å². The molecule has 0 radical (unpaired) electrons. The van der Waals surface area contributed by atoms with Crippen LogP contribution in [-0.2, 0) is 4.79 Å². The first kappa shape index (κ1) is 19.3. The third kappa shape index (κ3) is 10.1. The Morgan fingerprint density at radius 3 is 2.05 bits per heavy atom. The second-order valence-corrected chi connectivity index (χ2v) is 5.48. The van der Waals surface area contributed by atoms with Crippen LogP contribution < -0.4 is 0 Å². The van der Waals surface area contributed by atoms with Gasteiger partial charge in [0.15, 0.2) is 0 Å². The molecule has 0 saturated carbocycles. The van der Waals surface area contributed by atoms with E-state index in [1.165, 1.54) is 45.1 Å². The summed E-state index contributed by atoms with van der Waals surface area (Å²) < 4.78 is 0. The molecule has 0 bridgehead atoms. The van der Waals surface area contributed by atoms with Gasteiger partial charge in [-0.1, -0.05) is 38.5 Å². The number of rotatable bonds is 11. The fourth-order valence-corrected chi connectivity index (χ4v) is 2.39. The predicted octanol–water partition coefficient (Wildman–Crippen LogP) is 3.84. The van der Waals surface area contributed by atoms with E-state index in [1.807, 2.05) is 0 Å². The number of halogens is 1. The molecule has 0 saturated heterocycles. The lowest BCUT2D eigenvalue weighted by Crippen LogP contribution is -2.23. The second-order valence-electron chi connectivity index (χ2n) is 5.48. The van der Waals surface area contributed by atoms with Crippen LogP contribution in [0.15, 0.2) is 12.4 Å². The van der Waals surface area contributed by atoms with E-state index in [0.717, 1.165) is 19.5 Å². The summed E-state index contributed by atoms with van der Waals surface area (Å²) in [6.45, 7) is 2.20. The average molecular weight is 349 g/mol. The Bertz CT molecular complexity index is 285. The highest BCUT2D eigenvalue weighted by Gasteiger charge is 2.06. The number of carbonyl (C=O) groups is 1. The number of hydrogen-bond donors (Lipinski definition) is 1. The molecular formula is C15H29BrN2O2. The molecule has 4 nitrogen and oxygen atoms in total. The van der Waals surface area contributed by atoms with Gasteiger partial charge in [-0.25, -0.2) is 0 Å². The van der Waals surface area contributed by atoms with Crippen molar-refractivity contribution >= 4 is 23.0 Å². The van der Waals surface area contributed by atoms with Gasteiger partial charge < -0.3 is 14.9 Å². The van der Waals surface area contributed by atoms with Crippen LogP contribution in [0.25, 0.3) is 0 Å². The Hall–Kier alpha value is -0.710. The topological polar surface area (TPSA) is 43.8 Å². The van der Waals surface area contributed by atoms with Crippen LogP contribution in [0.1, 0.15) is 57.8 Å². The molecule has 1 rings (SSSR count). The van der Waals surface area contributed by atoms with Gasteiger partial charge in [0, 0.05) is 32.4 Å². The molecular weight excluding hydrogens is 320 g/mol. The van der Waals surface area contributed by atoms with Crippen LogP contribution in [-0.4, -0.2) is 41.1 Å². The summed E-state index contributed by atoms with van der Waals surface area (Å²) in [5, 5.41) is 8.51. The van der Waals surface area contributed by atoms with Gasteiger partial charge in [0.05, 0.1) is 6.67 Å². The lowest BCUT2D eigenvalue weighted by molar-refractivity contribution is -0.137. The molecule has 0 aliphatic carbocycles. The molecule has 118 valence electrons. The molecule has 1 aliphatic rings. The standard InChI is InChI=1S/C15H28N2O2.BrH/c1-16-12-13-17(14-16)11-9-7-5-3-2-4-6-8-10-15(18)19;/h12-13H,2-11,14H2,1H3,(H,18,19);1H. The van der Waals surface area contributed by atoms with Gasteiger partial charge in [-0.05, 0) is 12.8 Å². The van der Waals surface area contributed by atoms with Gasteiger partial charge >= 0.3 is 5.97 Å². The molecule has 1 aliphatic heterocycles. The largest absolute Gasteiger partial charge is 0.481 e. The summed E-state index contributed by atoms with van der Waals surface area (Å²) in [5.41, 5.74) is 0. The van der Waals surface area contributed by atoms with Crippen molar-refractivity contribution in [1.82, 2.24) is 9.80 Å². The molecule has 1 N–H and O–H groups in total. The highest BCUT2D eigenvalue weighted by atomic mass is 79.9. The maximum Gasteiger partial charge on any atom is 0.303 e. The van der Waals surface area contributed by atoms with E-state index in [-0.39, 0.29) is 17.0 Å². The zero-order chi connectivity index (χ0) is 13.9. The number of aliphatic carboxylic acids is 1. The molecule has 0 aromatic heterocycles. The first-order chi connectivity index (χ1) is 9.18. The molecule has 0 spiro atoms. The maximum absolute atomic E-state index is 10.3. The number of nitrogens with zero attached hydrogens (tertiary/aromatic N) is 2. The van der Waals surface area contributed by atoms with Gasteiger partial charge in [-0.15, -0.1) is 17.0 Å². The van der Waals surface area contributed by atoms with Crippen molar-refractivity contribution in [1.29, 1.82) is 0 Å². The number of unbranched alkanes of at least 4 members (excludes halogenated alkanes) is 7. The lowest BCUT2D eigenvalue weighted by atomic mass is 10.1. The Labute approximate surface area is 133 Å². The molecule has 0 aromatic rings. The monoisotopic (exact) mass is 348 g/mol. The highest BCUT2D eigenvalue weighted by Crippen LogP contribution is 2.11. The summed E-state index contributed by atoms with van der Waals surface area (Å²) in [7, 11) is 2.10. The number of carboxylic acids is 1. The number of hydrogen-bond acceptors (Lipinski definition) is 3. The first-order valence-corrected chi connectivity index (χ1v) is 7.53. The highest BCUT2D eigenvalue weighted by molar-refractivity contribution is 8.93. The van der Waals surface area contributed by atoms with Crippen molar-refractivity contribution in [3.63, 3.8) is 0 Å². The zero-order valence-corrected chi connectivity index (χ0v) is 14.3. The van der Waals surface area contributed by atoms with E-state index in [1.54, 1.807) is 0 Å². The van der Waals surface area contributed by atoms with E-state index in [9.17, 15) is 4.79 Å². The van der Waals surface area contributed by atoms with Crippen LogP contribution >= 0.6 is 17.0 Å². The van der Waals surface area contributed by atoms with Crippen molar-refractivity contribution < 1.29 is 9.90 Å². The molecule has 0 unspecified atom stereocenters. The van der Waals surface area contributed by atoms with Crippen LogP contribution in [0.2, 0.25) is 0 Å². The minimum Gasteiger partial charge on any atom is -0.481 e. The number of carboxylic acid groups (broad SMARTS) is 1. The fourth-order valence-electron chi connectivity index (χ4n) is 2.39. The van der Waals surface area contributed by atoms with E-state index in [2.05, 4.69) is 29.2 Å². The predicted molar refractivity (Wildman–Crippen MR) is 88.0 cm³/mol. The van der Waals surface area contributed by atoms with Gasteiger partial charge in [-0.3, -0.25) is 4.79 Å². The van der Waals surface area contributed by atoms with Crippen molar-refractivity contribution in [2.45, 2.75) is 57.8 Å². The van der Waals surface area contributed by atoms with Crippen molar-refractivity contribution in [3.8, 4) is 0 Å². The minimum absolute atomic E-state index is 0. The quantitative estimate of drug-likeness (QED) is 0.576. The Morgan fingerprint density at radius 2 is 1.55 bits per heavy atom. The summed E-state index contributed by atoms with van der Waals surface area (Å²) in [6, 6.07) is 0. The first-order valence-electron chi connectivity index (χ1n) is 7.53. The normalized spacial score (nSPS) is 13.7. The van der Waals surface area contributed by atoms with Crippen molar-refractivity contribution in [2.24, 2.45) is 0 Å². The van der Waals surface area contributed by atoms with Gasteiger partial charge in [0.1, 0.15) is 0 Å². The third-order valence-corrected chi connectivity index (χ3v) is 3.52. The summed E-state index contributed by atoms with van der Waals surface area (Å²) in [6.07, 6.45) is 14.2. The molecule has 0 atom stereocenters. The van der Waals surface area contributed by atoms with Crippen LogP contribution in [0.3, 0.4) is 0 Å². The SMILES string of the molecule is Br.CN1C=CN(CCCCCCCCCCC(=O)O)C1. The van der Waals surface area contributed by atoms with Crippen LogP contribution in [0, 0.1) is 0 Å². The summed E-state index contributed by atoms with van der Waals surface area (Å²) in [5.74, 6) is -0.665. The van der Waals surface area contributed by atoms with Gasteiger partial charge in [0.2, 0.25) is 0 Å². The zero-order valence-electron chi connectivity index (χ0n) is 12.6. The summed E-state index contributed by atoms with van der Waals surface area (Å²) in [4.78, 5) is 14.9. The second kappa shape index (κ2) is 12.1. The smallest absolute Gasteiger partial charge is 0.303 e. The third-order valence-electron chi connectivity index (χ3n) is 3.52. The van der Waals surface area contributed by atoms with Crippen molar-refractivity contribution in [3.05, 3.63) is 12.4 Å². The van der Waals surface area contributed by atoms with Gasteiger partial charge in [0.25, 0.3) is 0 Å². The maximum atomic E-state index is 10.3. The molecule has 0 amide bonds. The summed E-state index contributed by atoms with van der Waals surface area (Å²) >= 11 is 0. The Balaban J connectivity index is 0.00000361. The lowest BCUT2D eigenvalue weighted by Gasteiger charge is -2.17. The van der Waals surface area contributed by atoms with E-state index in [0.29, 0.717) is 6.42 Å². The average Bonchev–Trinajstić information content (AvgIpc) is 2.77. The molecule has 1 heterocycles. The van der Waals surface area contributed by atoms with E-state index in [4.69, 9.17) is 5.11 Å². The van der Waals surface area contributed by atoms with E-state index < -0.39 is 5.97 Å². The molecule has 0 fully saturated rings.